The molecule has 3 rings (SSSR count). The number of methoxy groups -OCH3 is 1. The van der Waals surface area contributed by atoms with E-state index in [0.717, 1.165) is 22.0 Å². The molecule has 7 heteroatoms. The maximum Gasteiger partial charge on any atom is 0.333 e. The Morgan fingerprint density at radius 2 is 1.91 bits per heavy atom. The first-order valence-electron chi connectivity index (χ1n) is 10.6. The Morgan fingerprint density at radius 1 is 1.12 bits per heavy atom. The van der Waals surface area contributed by atoms with Crippen molar-refractivity contribution in [3.8, 4) is 17.2 Å². The van der Waals surface area contributed by atoms with Gasteiger partial charge in [0.1, 0.15) is 23.9 Å². The van der Waals surface area contributed by atoms with E-state index in [-0.39, 0.29) is 19.1 Å². The second-order valence-electron chi connectivity index (χ2n) is 7.54. The van der Waals surface area contributed by atoms with E-state index in [4.69, 9.17) is 18.9 Å². The van der Waals surface area contributed by atoms with Crippen LogP contribution in [0.2, 0.25) is 0 Å². The number of hydrogen-bond donors (Lipinski definition) is 1. The van der Waals surface area contributed by atoms with Crippen molar-refractivity contribution in [2.75, 3.05) is 13.7 Å². The molecule has 0 saturated carbocycles. The smallest absolute Gasteiger partial charge is 0.333 e. The third kappa shape index (κ3) is 5.68. The molecule has 0 spiro atoms. The molecule has 0 amide bonds. The maximum atomic E-state index is 11.5. The monoisotopic (exact) mass is 439 g/mol. The van der Waals surface area contributed by atoms with Crippen molar-refractivity contribution < 1.29 is 28.8 Å². The number of benzene rings is 2. The van der Waals surface area contributed by atoms with Gasteiger partial charge in [0.25, 0.3) is 0 Å². The van der Waals surface area contributed by atoms with E-state index in [1.807, 2.05) is 56.3 Å². The number of rotatable bonds is 11. The minimum absolute atomic E-state index is 0.0413. The highest BCUT2D eigenvalue weighted by atomic mass is 16.5. The molecule has 0 aliphatic carbocycles. The Bertz CT molecular complexity index is 1070. The zero-order valence-electron chi connectivity index (χ0n) is 18.8. The molecule has 1 unspecified atom stereocenters. The summed E-state index contributed by atoms with van der Waals surface area (Å²) in [4.78, 5) is 16.0. The molecule has 1 heterocycles. The topological polar surface area (TPSA) is 87.1 Å². The van der Waals surface area contributed by atoms with Gasteiger partial charge in [-0.1, -0.05) is 18.2 Å². The Labute approximate surface area is 187 Å². The highest BCUT2D eigenvalue weighted by Crippen LogP contribution is 2.33. The third-order valence-corrected chi connectivity index (χ3v) is 4.86. The van der Waals surface area contributed by atoms with Crippen molar-refractivity contribution in [2.45, 2.75) is 46.0 Å². The van der Waals surface area contributed by atoms with Gasteiger partial charge >= 0.3 is 5.97 Å². The van der Waals surface area contributed by atoms with E-state index >= 15 is 0 Å². The molecule has 0 aliphatic rings. The number of pyridine rings is 1. The summed E-state index contributed by atoms with van der Waals surface area (Å²) in [5, 5.41) is 10.3. The van der Waals surface area contributed by atoms with Crippen LogP contribution in [-0.2, 0) is 22.6 Å². The van der Waals surface area contributed by atoms with E-state index in [2.05, 4.69) is 4.98 Å². The molecular weight excluding hydrogens is 410 g/mol. The fourth-order valence-electron chi connectivity index (χ4n) is 3.38. The molecule has 1 atom stereocenters. The highest BCUT2D eigenvalue weighted by Gasteiger charge is 2.20. The summed E-state index contributed by atoms with van der Waals surface area (Å²) in [6, 6.07) is 13.0. The van der Waals surface area contributed by atoms with Gasteiger partial charge in [0.05, 0.1) is 24.3 Å². The molecule has 170 valence electrons. The molecule has 0 saturated heterocycles. The first-order valence-corrected chi connectivity index (χ1v) is 10.6. The van der Waals surface area contributed by atoms with Crippen LogP contribution in [0.5, 0.6) is 17.2 Å². The van der Waals surface area contributed by atoms with E-state index in [0.29, 0.717) is 23.9 Å². The molecule has 2 aromatic carbocycles. The first-order chi connectivity index (χ1) is 15.4. The number of ether oxygens (including phenoxy) is 4. The summed E-state index contributed by atoms with van der Waals surface area (Å²) in [6.45, 7) is 6.24. The van der Waals surface area contributed by atoms with Gasteiger partial charge < -0.3 is 24.1 Å². The van der Waals surface area contributed by atoms with Crippen molar-refractivity contribution in [3.63, 3.8) is 0 Å². The molecule has 7 nitrogen and oxygen atoms in total. The van der Waals surface area contributed by atoms with Gasteiger partial charge in [-0.15, -0.1) is 0 Å². The van der Waals surface area contributed by atoms with Crippen molar-refractivity contribution in [1.29, 1.82) is 0 Å². The van der Waals surface area contributed by atoms with Gasteiger partial charge in [-0.3, -0.25) is 4.98 Å². The number of carboxylic acid groups (broad SMARTS) is 1. The van der Waals surface area contributed by atoms with Crippen molar-refractivity contribution in [3.05, 3.63) is 59.8 Å². The minimum atomic E-state index is -0.998. The standard InChI is InChI=1S/C25H29NO6/c1-5-30-23(25(27)28)12-17-8-6-7-9-22(17)31-15-18-14-26-21-11-10-19(29-4)13-20(21)24(18)32-16(2)3/h6-11,13-14,16,23H,5,12,15H2,1-4H3,(H,27,28). The second kappa shape index (κ2) is 10.8. The number of aromatic nitrogens is 1. The summed E-state index contributed by atoms with van der Waals surface area (Å²) in [5.74, 6) is 1.01. The molecule has 0 fully saturated rings. The average Bonchev–Trinajstić information content (AvgIpc) is 2.78. The first kappa shape index (κ1) is 23.3. The molecule has 32 heavy (non-hydrogen) atoms. The molecule has 0 bridgehead atoms. The average molecular weight is 440 g/mol. The Morgan fingerprint density at radius 3 is 2.59 bits per heavy atom. The van der Waals surface area contributed by atoms with Gasteiger partial charge in [0.2, 0.25) is 0 Å². The van der Waals surface area contributed by atoms with Gasteiger partial charge in [0.15, 0.2) is 6.10 Å². The zero-order chi connectivity index (χ0) is 23.1. The van der Waals surface area contributed by atoms with Crippen molar-refractivity contribution in [1.82, 2.24) is 4.98 Å². The van der Waals surface area contributed by atoms with Crippen molar-refractivity contribution >= 4 is 16.9 Å². The Kier molecular flexibility index (Phi) is 7.89. The lowest BCUT2D eigenvalue weighted by Gasteiger charge is -2.19. The predicted molar refractivity (Wildman–Crippen MR) is 122 cm³/mol. The lowest BCUT2D eigenvalue weighted by atomic mass is 10.1. The van der Waals surface area contributed by atoms with Gasteiger partial charge in [-0.25, -0.2) is 4.79 Å². The summed E-state index contributed by atoms with van der Waals surface area (Å²) in [5.41, 5.74) is 2.34. The van der Waals surface area contributed by atoms with Crippen LogP contribution >= 0.6 is 0 Å². The number of carbonyl (C=O) groups is 1. The molecular formula is C25H29NO6. The van der Waals surface area contributed by atoms with Crippen LogP contribution < -0.4 is 14.2 Å². The van der Waals surface area contributed by atoms with Crippen LogP contribution in [0.1, 0.15) is 31.9 Å². The number of aliphatic carboxylic acids is 1. The van der Waals surface area contributed by atoms with E-state index in [1.165, 1.54) is 0 Å². The summed E-state index contributed by atoms with van der Waals surface area (Å²) < 4.78 is 23.0. The molecule has 1 aromatic heterocycles. The highest BCUT2D eigenvalue weighted by molar-refractivity contribution is 5.87. The molecule has 0 radical (unpaired) electrons. The lowest BCUT2D eigenvalue weighted by Crippen LogP contribution is -2.26. The van der Waals surface area contributed by atoms with Crippen molar-refractivity contribution in [2.24, 2.45) is 0 Å². The van der Waals surface area contributed by atoms with Crippen LogP contribution in [0.25, 0.3) is 10.9 Å². The van der Waals surface area contributed by atoms with Crippen LogP contribution in [0.15, 0.2) is 48.7 Å². The summed E-state index contributed by atoms with van der Waals surface area (Å²) in [6.07, 6.45) is 0.983. The zero-order valence-corrected chi connectivity index (χ0v) is 18.8. The van der Waals surface area contributed by atoms with Crippen LogP contribution in [0.4, 0.5) is 0 Å². The van der Waals surface area contributed by atoms with E-state index in [1.54, 1.807) is 20.2 Å². The largest absolute Gasteiger partial charge is 0.497 e. The number of para-hydroxylation sites is 1. The predicted octanol–water partition coefficient (Wildman–Crippen LogP) is 4.64. The summed E-state index contributed by atoms with van der Waals surface area (Å²) in [7, 11) is 1.62. The quantitative estimate of drug-likeness (QED) is 0.466. The van der Waals surface area contributed by atoms with Crippen LogP contribution in [0.3, 0.4) is 0 Å². The lowest BCUT2D eigenvalue weighted by molar-refractivity contribution is -0.149. The fourth-order valence-corrected chi connectivity index (χ4v) is 3.38. The summed E-state index contributed by atoms with van der Waals surface area (Å²) >= 11 is 0. The number of fused-ring (bicyclic) bond motifs is 1. The number of hydrogen-bond acceptors (Lipinski definition) is 6. The fraction of sp³-hybridized carbons (Fsp3) is 0.360. The SMILES string of the molecule is CCOC(Cc1ccccc1OCc1cnc2ccc(OC)cc2c1OC(C)C)C(=O)O. The molecule has 0 aliphatic heterocycles. The second-order valence-corrected chi connectivity index (χ2v) is 7.54. The number of nitrogens with zero attached hydrogens (tertiary/aromatic N) is 1. The minimum Gasteiger partial charge on any atom is -0.497 e. The third-order valence-electron chi connectivity index (χ3n) is 4.86. The van der Waals surface area contributed by atoms with Gasteiger partial charge in [-0.05, 0) is 50.6 Å². The number of carboxylic acids is 1. The van der Waals surface area contributed by atoms with Crippen LogP contribution in [0, 0.1) is 0 Å². The van der Waals surface area contributed by atoms with Crippen LogP contribution in [-0.4, -0.2) is 42.0 Å². The maximum absolute atomic E-state index is 11.5. The molecule has 1 N–H and O–H groups in total. The van der Waals surface area contributed by atoms with E-state index in [9.17, 15) is 9.90 Å². The molecule has 3 aromatic rings. The van der Waals surface area contributed by atoms with E-state index < -0.39 is 12.1 Å². The van der Waals surface area contributed by atoms with Gasteiger partial charge in [0, 0.05) is 24.6 Å². The normalized spacial score (nSPS) is 12.0. The van der Waals surface area contributed by atoms with Gasteiger partial charge in [-0.2, -0.15) is 0 Å². The Balaban J connectivity index is 1.90. The Hall–Kier alpha value is -3.32.